The second-order valence-electron chi connectivity index (χ2n) is 4.18. The zero-order valence-electron chi connectivity index (χ0n) is 9.69. The molecule has 6 nitrogen and oxygen atoms in total. The van der Waals surface area contributed by atoms with E-state index in [2.05, 4.69) is 15.6 Å². The minimum Gasteiger partial charge on any atom is -0.322 e. The molecule has 0 aromatic carbocycles. The van der Waals surface area contributed by atoms with Crippen LogP contribution in [0.1, 0.15) is 12.5 Å². The van der Waals surface area contributed by atoms with Crippen LogP contribution in [0, 0.1) is 0 Å². The number of amides is 2. The molecule has 1 saturated heterocycles. The van der Waals surface area contributed by atoms with Crippen LogP contribution in [-0.4, -0.2) is 39.0 Å². The number of hydrogen-bond donors (Lipinski definition) is 1. The number of hydrogen-bond acceptors (Lipinski definition) is 4. The number of carbonyl (C=O) groups is 1. The number of likely N-dealkylation sites (tertiary alicyclic amines) is 1. The Kier molecular flexibility index (Phi) is 2.97. The molecule has 0 saturated carbocycles. The summed E-state index contributed by atoms with van der Waals surface area (Å²) in [5.41, 5.74) is 0. The first-order valence-electron chi connectivity index (χ1n) is 5.78. The van der Waals surface area contributed by atoms with Crippen molar-refractivity contribution in [2.24, 2.45) is 0 Å². The lowest BCUT2D eigenvalue weighted by Crippen LogP contribution is -2.33. The third kappa shape index (κ3) is 2.21. The Morgan fingerprint density at radius 2 is 2.50 bits per heavy atom. The van der Waals surface area contributed by atoms with Gasteiger partial charge in [0.1, 0.15) is 0 Å². The lowest BCUT2D eigenvalue weighted by molar-refractivity contribution is 0.220. The number of aromatic nitrogens is 3. The van der Waals surface area contributed by atoms with Gasteiger partial charge in [-0.15, -0.1) is 16.4 Å². The summed E-state index contributed by atoms with van der Waals surface area (Å²) in [5, 5.41) is 13.5. The predicted octanol–water partition coefficient (Wildman–Crippen LogP) is 1.82. The first kappa shape index (κ1) is 11.2. The molecule has 0 radical (unpaired) electrons. The number of thiophene rings is 1. The maximum atomic E-state index is 12.0. The minimum atomic E-state index is -0.0416. The van der Waals surface area contributed by atoms with Crippen molar-refractivity contribution in [1.82, 2.24) is 19.9 Å². The first-order chi connectivity index (χ1) is 8.83. The van der Waals surface area contributed by atoms with Gasteiger partial charge in [-0.25, -0.2) is 9.48 Å². The summed E-state index contributed by atoms with van der Waals surface area (Å²) in [4.78, 5) is 13.8. The van der Waals surface area contributed by atoms with Crippen LogP contribution in [0.4, 0.5) is 9.80 Å². The summed E-state index contributed by atoms with van der Waals surface area (Å²) in [6, 6.07) is 4.01. The summed E-state index contributed by atoms with van der Waals surface area (Å²) in [5.74, 6) is 0. The van der Waals surface area contributed by atoms with E-state index in [1.54, 1.807) is 6.20 Å². The SMILES string of the molecule is O=C(Nc1cccs1)N1CCC(n2ccnn2)C1. The first-order valence-corrected chi connectivity index (χ1v) is 6.66. The fraction of sp³-hybridized carbons (Fsp3) is 0.364. The number of urea groups is 1. The van der Waals surface area contributed by atoms with Crippen LogP contribution in [0.2, 0.25) is 0 Å². The second-order valence-corrected chi connectivity index (χ2v) is 5.13. The number of rotatable bonds is 2. The molecule has 3 heterocycles. The van der Waals surface area contributed by atoms with Gasteiger partial charge in [0.2, 0.25) is 0 Å². The van der Waals surface area contributed by atoms with Gasteiger partial charge in [0.05, 0.1) is 17.2 Å². The van der Waals surface area contributed by atoms with Gasteiger partial charge in [0.25, 0.3) is 0 Å². The average molecular weight is 263 g/mol. The van der Waals surface area contributed by atoms with Crippen molar-refractivity contribution in [3.63, 3.8) is 0 Å². The topological polar surface area (TPSA) is 63.1 Å². The second kappa shape index (κ2) is 4.77. The highest BCUT2D eigenvalue weighted by Crippen LogP contribution is 2.22. The zero-order valence-corrected chi connectivity index (χ0v) is 10.5. The molecular formula is C11H13N5OS. The van der Waals surface area contributed by atoms with Gasteiger partial charge in [-0.1, -0.05) is 5.21 Å². The van der Waals surface area contributed by atoms with Crippen molar-refractivity contribution in [2.75, 3.05) is 18.4 Å². The molecule has 0 aliphatic carbocycles. The molecule has 1 atom stereocenters. The Balaban J connectivity index is 1.60. The van der Waals surface area contributed by atoms with Crippen molar-refractivity contribution in [1.29, 1.82) is 0 Å². The number of nitrogens with zero attached hydrogens (tertiary/aromatic N) is 4. The van der Waals surface area contributed by atoms with E-state index < -0.39 is 0 Å². The Labute approximate surface area is 108 Å². The van der Waals surface area contributed by atoms with Gasteiger partial charge in [-0.05, 0) is 23.9 Å². The molecule has 7 heteroatoms. The highest BCUT2D eigenvalue weighted by atomic mass is 32.1. The van der Waals surface area contributed by atoms with Crippen molar-refractivity contribution < 1.29 is 4.79 Å². The van der Waals surface area contributed by atoms with Crippen molar-refractivity contribution in [2.45, 2.75) is 12.5 Å². The monoisotopic (exact) mass is 263 g/mol. The zero-order chi connectivity index (χ0) is 12.4. The van der Waals surface area contributed by atoms with Gasteiger partial charge in [0, 0.05) is 19.3 Å². The largest absolute Gasteiger partial charge is 0.322 e. The standard InChI is InChI=1S/C11H13N5OS/c17-11(13-10-2-1-7-18-10)15-5-3-9(8-15)16-6-4-12-14-16/h1-2,4,6-7,9H,3,5,8H2,(H,13,17). The summed E-state index contributed by atoms with van der Waals surface area (Å²) < 4.78 is 1.82. The van der Waals surface area contributed by atoms with Crippen molar-refractivity contribution in [3.8, 4) is 0 Å². The fourth-order valence-electron chi connectivity index (χ4n) is 2.09. The molecule has 3 rings (SSSR count). The molecule has 1 aliphatic heterocycles. The Bertz CT molecular complexity index is 510. The quantitative estimate of drug-likeness (QED) is 0.899. The molecule has 94 valence electrons. The van der Waals surface area contributed by atoms with E-state index in [4.69, 9.17) is 0 Å². The van der Waals surface area contributed by atoms with Gasteiger partial charge in [-0.3, -0.25) is 5.32 Å². The van der Waals surface area contributed by atoms with Crippen LogP contribution in [-0.2, 0) is 0 Å². The molecule has 1 N–H and O–H groups in total. The van der Waals surface area contributed by atoms with Crippen LogP contribution >= 0.6 is 11.3 Å². The maximum Gasteiger partial charge on any atom is 0.322 e. The number of carbonyl (C=O) groups excluding carboxylic acids is 1. The van der Waals surface area contributed by atoms with Crippen LogP contribution in [0.15, 0.2) is 29.9 Å². The lowest BCUT2D eigenvalue weighted by Gasteiger charge is -2.16. The molecular weight excluding hydrogens is 250 g/mol. The Morgan fingerprint density at radius 1 is 1.56 bits per heavy atom. The number of nitrogens with one attached hydrogen (secondary N) is 1. The third-order valence-electron chi connectivity index (χ3n) is 3.02. The van der Waals surface area contributed by atoms with Crippen LogP contribution in [0.3, 0.4) is 0 Å². The minimum absolute atomic E-state index is 0.0416. The van der Waals surface area contributed by atoms with E-state index >= 15 is 0 Å². The summed E-state index contributed by atoms with van der Waals surface area (Å²) in [6.45, 7) is 1.43. The van der Waals surface area contributed by atoms with Crippen molar-refractivity contribution in [3.05, 3.63) is 29.9 Å². The number of anilines is 1. The van der Waals surface area contributed by atoms with Crippen LogP contribution in [0.25, 0.3) is 0 Å². The third-order valence-corrected chi connectivity index (χ3v) is 3.80. The summed E-state index contributed by atoms with van der Waals surface area (Å²) in [6.07, 6.45) is 4.42. The van der Waals surface area contributed by atoms with Crippen LogP contribution in [0.5, 0.6) is 0 Å². The van der Waals surface area contributed by atoms with E-state index in [1.807, 2.05) is 33.3 Å². The highest BCUT2D eigenvalue weighted by molar-refractivity contribution is 7.14. The predicted molar refractivity (Wildman–Crippen MR) is 68.6 cm³/mol. The van der Waals surface area contributed by atoms with Gasteiger partial charge >= 0.3 is 6.03 Å². The molecule has 1 aliphatic rings. The lowest BCUT2D eigenvalue weighted by atomic mass is 10.3. The molecule has 1 fully saturated rings. The molecule has 0 spiro atoms. The molecule has 0 bridgehead atoms. The molecule has 2 aromatic rings. The maximum absolute atomic E-state index is 12.0. The average Bonchev–Trinajstić information content (AvgIpc) is 3.11. The molecule has 2 amide bonds. The normalized spacial score (nSPS) is 19.1. The van der Waals surface area contributed by atoms with Gasteiger partial charge < -0.3 is 4.90 Å². The smallest absolute Gasteiger partial charge is 0.322 e. The van der Waals surface area contributed by atoms with Crippen LogP contribution < -0.4 is 5.32 Å². The van der Waals surface area contributed by atoms with E-state index in [1.165, 1.54) is 11.3 Å². The van der Waals surface area contributed by atoms with Crippen molar-refractivity contribution >= 4 is 22.4 Å². The van der Waals surface area contributed by atoms with Gasteiger partial charge in [0.15, 0.2) is 0 Å². The van der Waals surface area contributed by atoms with E-state index in [-0.39, 0.29) is 12.1 Å². The highest BCUT2D eigenvalue weighted by Gasteiger charge is 2.27. The molecule has 2 aromatic heterocycles. The van der Waals surface area contributed by atoms with E-state index in [0.29, 0.717) is 6.54 Å². The molecule has 1 unspecified atom stereocenters. The van der Waals surface area contributed by atoms with E-state index in [9.17, 15) is 4.79 Å². The Hall–Kier alpha value is -1.89. The summed E-state index contributed by atoms with van der Waals surface area (Å²) in [7, 11) is 0. The summed E-state index contributed by atoms with van der Waals surface area (Å²) >= 11 is 1.52. The Morgan fingerprint density at radius 3 is 3.22 bits per heavy atom. The van der Waals surface area contributed by atoms with E-state index in [0.717, 1.165) is 18.0 Å². The molecule has 18 heavy (non-hydrogen) atoms. The fourth-order valence-corrected chi connectivity index (χ4v) is 2.70. The van der Waals surface area contributed by atoms with Gasteiger partial charge in [-0.2, -0.15) is 0 Å².